The smallest absolute Gasteiger partial charge is 0.227 e. The summed E-state index contributed by atoms with van der Waals surface area (Å²) >= 11 is 8.96. The Morgan fingerprint density at radius 3 is 2.70 bits per heavy atom. The lowest BCUT2D eigenvalue weighted by atomic mass is 10.1. The Morgan fingerprint density at radius 1 is 1.35 bits per heavy atom. The van der Waals surface area contributed by atoms with Crippen molar-refractivity contribution in [3.63, 3.8) is 0 Å². The number of rotatable bonds is 3. The van der Waals surface area contributed by atoms with E-state index in [0.29, 0.717) is 21.7 Å². The van der Waals surface area contributed by atoms with Gasteiger partial charge in [-0.1, -0.05) is 25.4 Å². The van der Waals surface area contributed by atoms with Gasteiger partial charge in [0.15, 0.2) is 0 Å². The number of aromatic nitrogens is 2. The lowest BCUT2D eigenvalue weighted by Crippen LogP contribution is -2.04. The summed E-state index contributed by atoms with van der Waals surface area (Å²) < 4.78 is 19.7. The largest absolute Gasteiger partial charge is 0.437 e. The van der Waals surface area contributed by atoms with Gasteiger partial charge in [0.2, 0.25) is 5.88 Å². The molecule has 1 aromatic carbocycles. The van der Waals surface area contributed by atoms with Gasteiger partial charge in [-0.3, -0.25) is 0 Å². The standard InChI is InChI=1S/C13H12BrClFN3O/c1-6(2)11-12(17)18-5-19-13(11)20-10-4-9(16)8(15)3-7(10)14/h3-6H,1-2H3,(H2,17,18,19). The predicted octanol–water partition coefficient (Wildman–Crippen LogP) is 4.53. The summed E-state index contributed by atoms with van der Waals surface area (Å²) in [5, 5.41) is 0.00973. The van der Waals surface area contributed by atoms with E-state index >= 15 is 0 Å². The minimum Gasteiger partial charge on any atom is -0.437 e. The molecule has 0 spiro atoms. The molecule has 0 radical (unpaired) electrons. The molecule has 0 saturated carbocycles. The number of ether oxygens (including phenoxy) is 1. The van der Waals surface area contributed by atoms with E-state index in [1.54, 1.807) is 0 Å². The molecule has 2 rings (SSSR count). The number of halogens is 3. The molecule has 0 atom stereocenters. The fourth-order valence-electron chi connectivity index (χ4n) is 1.70. The van der Waals surface area contributed by atoms with Gasteiger partial charge in [-0.15, -0.1) is 0 Å². The van der Waals surface area contributed by atoms with Crippen molar-refractivity contribution in [2.24, 2.45) is 0 Å². The number of benzene rings is 1. The van der Waals surface area contributed by atoms with E-state index in [4.69, 9.17) is 22.1 Å². The molecule has 1 aromatic heterocycles. The molecule has 20 heavy (non-hydrogen) atoms. The molecule has 1 heterocycles. The normalized spacial score (nSPS) is 10.9. The van der Waals surface area contributed by atoms with E-state index in [-0.39, 0.29) is 16.7 Å². The summed E-state index contributed by atoms with van der Waals surface area (Å²) in [6, 6.07) is 2.61. The Bertz CT molecular complexity index is 652. The summed E-state index contributed by atoms with van der Waals surface area (Å²) in [5.74, 6) is 0.414. The highest BCUT2D eigenvalue weighted by molar-refractivity contribution is 9.10. The predicted molar refractivity (Wildman–Crippen MR) is 79.7 cm³/mol. The molecule has 0 unspecified atom stereocenters. The van der Waals surface area contributed by atoms with E-state index in [1.165, 1.54) is 18.5 Å². The minimum absolute atomic E-state index is 0.00973. The maximum Gasteiger partial charge on any atom is 0.227 e. The van der Waals surface area contributed by atoms with Crippen molar-refractivity contribution in [1.29, 1.82) is 0 Å². The molecule has 0 aliphatic heterocycles. The van der Waals surface area contributed by atoms with E-state index in [2.05, 4.69) is 25.9 Å². The van der Waals surface area contributed by atoms with Crippen LogP contribution in [0.1, 0.15) is 25.3 Å². The molecule has 7 heteroatoms. The molecule has 0 bridgehead atoms. The van der Waals surface area contributed by atoms with Gasteiger partial charge in [0.25, 0.3) is 0 Å². The first-order chi connectivity index (χ1) is 9.40. The van der Waals surface area contributed by atoms with Gasteiger partial charge in [-0.2, -0.15) is 0 Å². The molecule has 0 saturated heterocycles. The van der Waals surface area contributed by atoms with Crippen LogP contribution in [0, 0.1) is 5.82 Å². The number of hydrogen-bond donors (Lipinski definition) is 1. The van der Waals surface area contributed by atoms with Crippen molar-refractivity contribution in [1.82, 2.24) is 9.97 Å². The Labute approximate surface area is 129 Å². The zero-order valence-corrected chi connectivity index (χ0v) is 13.2. The molecule has 2 aromatic rings. The number of anilines is 1. The average Bonchev–Trinajstić information content (AvgIpc) is 2.35. The number of nitrogens with zero attached hydrogens (tertiary/aromatic N) is 2. The number of nitrogens with two attached hydrogens (primary N) is 1. The highest BCUT2D eigenvalue weighted by atomic mass is 79.9. The highest BCUT2D eigenvalue weighted by Crippen LogP contribution is 2.36. The van der Waals surface area contributed by atoms with Crippen LogP contribution in [0.4, 0.5) is 10.2 Å². The van der Waals surface area contributed by atoms with Crippen LogP contribution in [-0.4, -0.2) is 9.97 Å². The van der Waals surface area contributed by atoms with E-state index < -0.39 is 5.82 Å². The minimum atomic E-state index is -0.571. The van der Waals surface area contributed by atoms with Crippen LogP contribution in [0.15, 0.2) is 22.9 Å². The second-order valence-electron chi connectivity index (χ2n) is 4.43. The lowest BCUT2D eigenvalue weighted by Gasteiger charge is -2.14. The van der Waals surface area contributed by atoms with Crippen molar-refractivity contribution < 1.29 is 9.13 Å². The Balaban J connectivity index is 2.45. The molecule has 0 amide bonds. The SMILES string of the molecule is CC(C)c1c(N)ncnc1Oc1cc(F)c(Cl)cc1Br. The number of hydrogen-bond acceptors (Lipinski definition) is 4. The van der Waals surface area contributed by atoms with Crippen LogP contribution >= 0.6 is 27.5 Å². The fraction of sp³-hybridized carbons (Fsp3) is 0.231. The third kappa shape index (κ3) is 3.02. The monoisotopic (exact) mass is 359 g/mol. The maximum absolute atomic E-state index is 13.5. The third-order valence-corrected chi connectivity index (χ3v) is 3.55. The molecule has 4 nitrogen and oxygen atoms in total. The summed E-state index contributed by atoms with van der Waals surface area (Å²) in [7, 11) is 0. The van der Waals surface area contributed by atoms with Gasteiger partial charge in [0, 0.05) is 6.07 Å². The summed E-state index contributed by atoms with van der Waals surface area (Å²) in [6.45, 7) is 3.89. The van der Waals surface area contributed by atoms with Crippen LogP contribution in [0.5, 0.6) is 11.6 Å². The quantitative estimate of drug-likeness (QED) is 0.817. The van der Waals surface area contributed by atoms with Crippen molar-refractivity contribution >= 4 is 33.3 Å². The van der Waals surface area contributed by atoms with Gasteiger partial charge < -0.3 is 10.5 Å². The molecular formula is C13H12BrClFN3O. The zero-order valence-electron chi connectivity index (χ0n) is 10.8. The molecule has 0 fully saturated rings. The van der Waals surface area contributed by atoms with Crippen LogP contribution < -0.4 is 10.5 Å². The molecule has 0 aliphatic carbocycles. The first-order valence-corrected chi connectivity index (χ1v) is 7.00. The van der Waals surface area contributed by atoms with Crippen molar-refractivity contribution in [3.05, 3.63) is 39.3 Å². The molecular weight excluding hydrogens is 349 g/mol. The Morgan fingerprint density at radius 2 is 2.05 bits per heavy atom. The number of nitrogen functional groups attached to an aromatic ring is 1. The van der Waals surface area contributed by atoms with E-state index in [9.17, 15) is 4.39 Å². The fourth-order valence-corrected chi connectivity index (χ4v) is 2.42. The van der Waals surface area contributed by atoms with Crippen molar-refractivity contribution in [3.8, 4) is 11.6 Å². The Hall–Kier alpha value is -1.40. The van der Waals surface area contributed by atoms with Gasteiger partial charge in [-0.05, 0) is 27.9 Å². The lowest BCUT2D eigenvalue weighted by molar-refractivity contribution is 0.445. The van der Waals surface area contributed by atoms with Crippen molar-refractivity contribution in [2.45, 2.75) is 19.8 Å². The second kappa shape index (κ2) is 5.93. The van der Waals surface area contributed by atoms with Crippen LogP contribution in [-0.2, 0) is 0 Å². The summed E-state index contributed by atoms with van der Waals surface area (Å²) in [5.41, 5.74) is 6.51. The van der Waals surface area contributed by atoms with Crippen LogP contribution in [0.2, 0.25) is 5.02 Å². The van der Waals surface area contributed by atoms with Crippen molar-refractivity contribution in [2.75, 3.05) is 5.73 Å². The molecule has 2 N–H and O–H groups in total. The van der Waals surface area contributed by atoms with E-state index in [0.717, 1.165) is 0 Å². The van der Waals surface area contributed by atoms with Gasteiger partial charge in [0.05, 0.1) is 15.1 Å². The van der Waals surface area contributed by atoms with Crippen LogP contribution in [0.25, 0.3) is 0 Å². The second-order valence-corrected chi connectivity index (χ2v) is 5.69. The average molecular weight is 361 g/mol. The van der Waals surface area contributed by atoms with Gasteiger partial charge >= 0.3 is 0 Å². The summed E-state index contributed by atoms with van der Waals surface area (Å²) in [4.78, 5) is 8.00. The third-order valence-electron chi connectivity index (χ3n) is 2.64. The maximum atomic E-state index is 13.5. The topological polar surface area (TPSA) is 61.0 Å². The van der Waals surface area contributed by atoms with E-state index in [1.807, 2.05) is 13.8 Å². The molecule has 106 valence electrons. The molecule has 0 aliphatic rings. The first kappa shape index (κ1) is 15.0. The zero-order chi connectivity index (χ0) is 14.9. The van der Waals surface area contributed by atoms with Crippen LogP contribution in [0.3, 0.4) is 0 Å². The first-order valence-electron chi connectivity index (χ1n) is 5.83. The van der Waals surface area contributed by atoms with Gasteiger partial charge in [-0.25, -0.2) is 14.4 Å². The Kier molecular flexibility index (Phi) is 4.45. The highest BCUT2D eigenvalue weighted by Gasteiger charge is 2.17. The summed E-state index contributed by atoms with van der Waals surface area (Å²) in [6.07, 6.45) is 1.30. The van der Waals surface area contributed by atoms with Gasteiger partial charge in [0.1, 0.15) is 23.7 Å².